The molecule has 132 valence electrons. The number of methoxy groups -OCH3 is 2. The molecule has 6 heteroatoms. The van der Waals surface area contributed by atoms with E-state index in [2.05, 4.69) is 16.3 Å². The van der Waals surface area contributed by atoms with Crippen molar-refractivity contribution in [3.63, 3.8) is 0 Å². The average Bonchev–Trinajstić information content (AvgIpc) is 2.89. The van der Waals surface area contributed by atoms with Crippen LogP contribution in [0.15, 0.2) is 12.1 Å². The van der Waals surface area contributed by atoms with E-state index in [9.17, 15) is 4.79 Å². The van der Waals surface area contributed by atoms with Crippen molar-refractivity contribution >= 4 is 5.91 Å². The molecule has 0 aromatic heterocycles. The van der Waals surface area contributed by atoms with Gasteiger partial charge < -0.3 is 19.7 Å². The lowest BCUT2D eigenvalue weighted by Crippen LogP contribution is -2.43. The van der Waals surface area contributed by atoms with Gasteiger partial charge in [0.25, 0.3) is 0 Å². The Hall–Kier alpha value is -1.79. The monoisotopic (exact) mass is 333 g/mol. The fraction of sp³-hybridized carbons (Fsp3) is 0.611. The maximum absolute atomic E-state index is 12.6. The summed E-state index contributed by atoms with van der Waals surface area (Å²) in [6, 6.07) is 4.11. The van der Waals surface area contributed by atoms with Crippen molar-refractivity contribution in [2.24, 2.45) is 0 Å². The summed E-state index contributed by atoms with van der Waals surface area (Å²) in [6.45, 7) is 5.76. The Balaban J connectivity index is 1.65. The van der Waals surface area contributed by atoms with Crippen LogP contribution in [0.2, 0.25) is 0 Å². The summed E-state index contributed by atoms with van der Waals surface area (Å²) in [4.78, 5) is 16.8. The van der Waals surface area contributed by atoms with Crippen molar-refractivity contribution in [3.05, 3.63) is 23.3 Å². The molecule has 0 unspecified atom stereocenters. The lowest BCUT2D eigenvalue weighted by atomic mass is 9.99. The first-order chi connectivity index (χ1) is 11.7. The third-order valence-electron chi connectivity index (χ3n) is 4.85. The van der Waals surface area contributed by atoms with E-state index in [4.69, 9.17) is 9.47 Å². The Morgan fingerprint density at radius 3 is 2.58 bits per heavy atom. The molecule has 2 aliphatic rings. The van der Waals surface area contributed by atoms with Crippen LogP contribution in [-0.4, -0.2) is 69.2 Å². The highest BCUT2D eigenvalue weighted by Gasteiger charge is 2.23. The molecule has 1 aromatic rings. The second kappa shape index (κ2) is 7.85. The van der Waals surface area contributed by atoms with E-state index < -0.39 is 0 Å². The van der Waals surface area contributed by atoms with E-state index in [0.29, 0.717) is 6.54 Å². The highest BCUT2D eigenvalue weighted by atomic mass is 16.5. The number of nitrogens with zero attached hydrogens (tertiary/aromatic N) is 2. The number of hydrogen-bond donors (Lipinski definition) is 1. The lowest BCUT2D eigenvalue weighted by molar-refractivity contribution is -0.132. The van der Waals surface area contributed by atoms with Crippen LogP contribution in [0.1, 0.15) is 17.5 Å². The highest BCUT2D eigenvalue weighted by molar-refractivity contribution is 5.78. The van der Waals surface area contributed by atoms with E-state index in [1.54, 1.807) is 14.2 Å². The third-order valence-corrected chi connectivity index (χ3v) is 4.85. The standard InChI is InChI=1S/C18H27N3O3/c1-23-16-10-14-4-8-20(12-15(14)11-17(16)24-2)13-18(22)21-7-3-5-19-6-9-21/h10-11,19H,3-9,12-13H2,1-2H3. The maximum Gasteiger partial charge on any atom is 0.236 e. The Morgan fingerprint density at radius 1 is 1.08 bits per heavy atom. The van der Waals surface area contributed by atoms with Crippen molar-refractivity contribution in [3.8, 4) is 11.5 Å². The largest absolute Gasteiger partial charge is 0.493 e. The van der Waals surface area contributed by atoms with Gasteiger partial charge in [0.05, 0.1) is 20.8 Å². The predicted octanol–water partition coefficient (Wildman–Crippen LogP) is 0.884. The lowest BCUT2D eigenvalue weighted by Gasteiger charge is -2.31. The molecule has 1 fully saturated rings. The van der Waals surface area contributed by atoms with Crippen LogP contribution in [-0.2, 0) is 17.8 Å². The maximum atomic E-state index is 12.6. The molecule has 2 heterocycles. The van der Waals surface area contributed by atoms with E-state index >= 15 is 0 Å². The molecule has 1 N–H and O–H groups in total. The molecule has 24 heavy (non-hydrogen) atoms. The third kappa shape index (κ3) is 3.82. The molecule has 0 aliphatic carbocycles. The summed E-state index contributed by atoms with van der Waals surface area (Å²) >= 11 is 0. The first-order valence-corrected chi connectivity index (χ1v) is 8.66. The molecule has 3 rings (SSSR count). The summed E-state index contributed by atoms with van der Waals surface area (Å²) in [5.41, 5.74) is 2.51. The summed E-state index contributed by atoms with van der Waals surface area (Å²) in [6.07, 6.45) is 1.97. The first kappa shape index (κ1) is 17.0. The van der Waals surface area contributed by atoms with E-state index in [-0.39, 0.29) is 5.91 Å². The molecule has 0 spiro atoms. The number of amides is 1. The van der Waals surface area contributed by atoms with Crippen LogP contribution in [0.3, 0.4) is 0 Å². The topological polar surface area (TPSA) is 54.0 Å². The molecule has 6 nitrogen and oxygen atoms in total. The molecule has 1 amide bonds. The van der Waals surface area contributed by atoms with E-state index in [0.717, 1.165) is 63.6 Å². The van der Waals surface area contributed by atoms with Gasteiger partial charge >= 0.3 is 0 Å². The van der Waals surface area contributed by atoms with Crippen molar-refractivity contribution in [2.45, 2.75) is 19.4 Å². The number of nitrogens with one attached hydrogen (secondary N) is 1. The minimum absolute atomic E-state index is 0.239. The second-order valence-corrected chi connectivity index (χ2v) is 6.42. The van der Waals surface area contributed by atoms with Gasteiger partial charge in [0.1, 0.15) is 0 Å². The van der Waals surface area contributed by atoms with Crippen molar-refractivity contribution < 1.29 is 14.3 Å². The first-order valence-electron chi connectivity index (χ1n) is 8.66. The highest BCUT2D eigenvalue weighted by Crippen LogP contribution is 2.33. The molecule has 2 aliphatic heterocycles. The van der Waals surface area contributed by atoms with Crippen molar-refractivity contribution in [1.82, 2.24) is 15.1 Å². The zero-order valence-corrected chi connectivity index (χ0v) is 14.6. The quantitative estimate of drug-likeness (QED) is 0.887. The average molecular weight is 333 g/mol. The van der Waals surface area contributed by atoms with Gasteiger partial charge in [-0.3, -0.25) is 9.69 Å². The van der Waals surface area contributed by atoms with Gasteiger partial charge in [-0.1, -0.05) is 0 Å². The molecule has 0 bridgehead atoms. The Kier molecular flexibility index (Phi) is 5.58. The van der Waals surface area contributed by atoms with Crippen LogP contribution >= 0.6 is 0 Å². The van der Waals surface area contributed by atoms with Gasteiger partial charge in [0.15, 0.2) is 11.5 Å². The smallest absolute Gasteiger partial charge is 0.236 e. The molecule has 0 radical (unpaired) electrons. The number of hydrogen-bond acceptors (Lipinski definition) is 5. The molecule has 1 saturated heterocycles. The molecular weight excluding hydrogens is 306 g/mol. The van der Waals surface area contributed by atoms with Gasteiger partial charge in [0, 0.05) is 32.7 Å². The number of benzene rings is 1. The number of ether oxygens (including phenoxy) is 2. The molecular formula is C18H27N3O3. The minimum Gasteiger partial charge on any atom is -0.493 e. The van der Waals surface area contributed by atoms with Crippen LogP contribution in [0.25, 0.3) is 0 Å². The number of carbonyl (C=O) groups excluding carboxylic acids is 1. The fourth-order valence-corrected chi connectivity index (χ4v) is 3.46. The van der Waals surface area contributed by atoms with Crippen LogP contribution < -0.4 is 14.8 Å². The summed E-state index contributed by atoms with van der Waals surface area (Å²) in [7, 11) is 3.32. The zero-order valence-electron chi connectivity index (χ0n) is 14.6. The molecule has 0 saturated carbocycles. The molecule has 0 atom stereocenters. The molecule has 1 aromatic carbocycles. The fourth-order valence-electron chi connectivity index (χ4n) is 3.46. The van der Waals surface area contributed by atoms with Gasteiger partial charge in [-0.05, 0) is 42.6 Å². The summed E-state index contributed by atoms with van der Waals surface area (Å²) in [5.74, 6) is 1.77. The number of rotatable bonds is 4. The SMILES string of the molecule is COc1cc2c(cc1OC)CN(CC(=O)N1CCCNCC1)CC2. The Morgan fingerprint density at radius 2 is 1.83 bits per heavy atom. The summed E-state index contributed by atoms with van der Waals surface area (Å²) < 4.78 is 10.8. The normalized spacial score (nSPS) is 18.7. The number of carbonyl (C=O) groups is 1. The van der Waals surface area contributed by atoms with Crippen LogP contribution in [0.5, 0.6) is 11.5 Å². The van der Waals surface area contributed by atoms with Crippen molar-refractivity contribution in [2.75, 3.05) is 53.5 Å². The van der Waals surface area contributed by atoms with Crippen LogP contribution in [0.4, 0.5) is 0 Å². The van der Waals surface area contributed by atoms with E-state index in [1.807, 2.05) is 11.0 Å². The van der Waals surface area contributed by atoms with Crippen LogP contribution in [0, 0.1) is 0 Å². The summed E-state index contributed by atoms with van der Waals surface area (Å²) in [5, 5.41) is 3.34. The second-order valence-electron chi connectivity index (χ2n) is 6.42. The van der Waals surface area contributed by atoms with E-state index in [1.165, 1.54) is 11.1 Å². The van der Waals surface area contributed by atoms with Gasteiger partial charge in [-0.15, -0.1) is 0 Å². The zero-order chi connectivity index (χ0) is 16.9. The van der Waals surface area contributed by atoms with Gasteiger partial charge in [-0.25, -0.2) is 0 Å². The minimum atomic E-state index is 0.239. The van der Waals surface area contributed by atoms with Gasteiger partial charge in [-0.2, -0.15) is 0 Å². The van der Waals surface area contributed by atoms with Crippen molar-refractivity contribution in [1.29, 1.82) is 0 Å². The predicted molar refractivity (Wildman–Crippen MR) is 92.6 cm³/mol. The van der Waals surface area contributed by atoms with Gasteiger partial charge in [0.2, 0.25) is 5.91 Å². The number of fused-ring (bicyclic) bond motifs is 1. The Labute approximate surface area is 143 Å². The Bertz CT molecular complexity index is 583.